The molecule has 0 radical (unpaired) electrons. The number of pyridine rings is 1. The molecule has 1 heterocycles. The van der Waals surface area contributed by atoms with Crippen molar-refractivity contribution in [2.24, 2.45) is 0 Å². The number of hydrogen-bond donors (Lipinski definition) is 2. The van der Waals surface area contributed by atoms with E-state index in [4.69, 9.17) is 0 Å². The number of aryl methyl sites for hydroxylation is 1. The van der Waals surface area contributed by atoms with Crippen LogP contribution in [0.25, 0.3) is 0 Å². The smallest absolute Gasteiger partial charge is 0.256 e. The molecule has 4 nitrogen and oxygen atoms in total. The number of hydrogen-bond acceptors (Lipinski definition) is 3. The van der Waals surface area contributed by atoms with E-state index in [0.29, 0.717) is 6.54 Å². The number of thioether (sulfide) groups is 1. The number of carbonyl (C=O) groups excluding carboxylic acids is 1. The highest BCUT2D eigenvalue weighted by molar-refractivity contribution is 8.00. The highest BCUT2D eigenvalue weighted by atomic mass is 32.2. The van der Waals surface area contributed by atoms with Crippen LogP contribution >= 0.6 is 11.8 Å². The summed E-state index contributed by atoms with van der Waals surface area (Å²) in [5.41, 5.74) is 0.733. The van der Waals surface area contributed by atoms with E-state index in [-0.39, 0.29) is 21.6 Å². The fourth-order valence-electron chi connectivity index (χ4n) is 2.56. The molecule has 1 aliphatic carbocycles. The Bertz CT molecular complexity index is 518. The van der Waals surface area contributed by atoms with Crippen molar-refractivity contribution in [2.75, 3.05) is 12.8 Å². The van der Waals surface area contributed by atoms with Crippen LogP contribution in [0, 0.1) is 6.92 Å². The van der Waals surface area contributed by atoms with Crippen molar-refractivity contribution in [1.29, 1.82) is 0 Å². The molecule has 1 saturated carbocycles. The second kappa shape index (κ2) is 5.82. The first kappa shape index (κ1) is 14.2. The van der Waals surface area contributed by atoms with Crippen LogP contribution in [0.1, 0.15) is 41.7 Å². The molecule has 1 fully saturated rings. The van der Waals surface area contributed by atoms with Gasteiger partial charge in [-0.3, -0.25) is 9.59 Å². The number of aromatic amines is 1. The largest absolute Gasteiger partial charge is 0.364 e. The Morgan fingerprint density at radius 2 is 2.16 bits per heavy atom. The summed E-state index contributed by atoms with van der Waals surface area (Å²) in [5.74, 6) is -0.276. The quantitative estimate of drug-likeness (QED) is 0.887. The molecule has 0 atom stereocenters. The monoisotopic (exact) mass is 280 g/mol. The van der Waals surface area contributed by atoms with Crippen LogP contribution in [-0.4, -0.2) is 28.4 Å². The molecule has 0 aliphatic heterocycles. The molecule has 1 aromatic rings. The van der Waals surface area contributed by atoms with E-state index in [1.54, 1.807) is 6.92 Å². The Morgan fingerprint density at radius 1 is 1.47 bits per heavy atom. The predicted molar refractivity (Wildman–Crippen MR) is 78.8 cm³/mol. The molecule has 19 heavy (non-hydrogen) atoms. The van der Waals surface area contributed by atoms with Gasteiger partial charge < -0.3 is 10.3 Å². The standard InChI is InChI=1S/C14H20N2O2S/c1-10-7-12(17)11(8-15-10)13(18)16-9-14(19-2)5-3-4-6-14/h7-8H,3-6,9H2,1-2H3,(H,15,17)(H,16,18). The lowest BCUT2D eigenvalue weighted by atomic mass is 10.1. The van der Waals surface area contributed by atoms with E-state index in [1.807, 2.05) is 11.8 Å². The third-order valence-corrected chi connectivity index (χ3v) is 5.24. The number of H-pyrrole nitrogens is 1. The molecule has 1 amide bonds. The average molecular weight is 280 g/mol. The van der Waals surface area contributed by atoms with Gasteiger partial charge in [0, 0.05) is 29.2 Å². The van der Waals surface area contributed by atoms with Crippen LogP contribution in [0.3, 0.4) is 0 Å². The maximum Gasteiger partial charge on any atom is 0.256 e. The lowest BCUT2D eigenvalue weighted by Crippen LogP contribution is -2.39. The second-order valence-electron chi connectivity index (χ2n) is 5.17. The van der Waals surface area contributed by atoms with E-state index >= 15 is 0 Å². The molecule has 0 saturated heterocycles. The van der Waals surface area contributed by atoms with Crippen LogP contribution in [0.15, 0.2) is 17.1 Å². The van der Waals surface area contributed by atoms with Gasteiger partial charge in [-0.25, -0.2) is 0 Å². The molecule has 0 spiro atoms. The summed E-state index contributed by atoms with van der Waals surface area (Å²) < 4.78 is 0.160. The molecular formula is C14H20N2O2S. The second-order valence-corrected chi connectivity index (χ2v) is 6.45. The molecule has 2 rings (SSSR count). The van der Waals surface area contributed by atoms with Gasteiger partial charge in [0.05, 0.1) is 0 Å². The summed E-state index contributed by atoms with van der Waals surface area (Å²) >= 11 is 1.82. The van der Waals surface area contributed by atoms with Crippen molar-refractivity contribution in [3.05, 3.63) is 33.7 Å². The summed E-state index contributed by atoms with van der Waals surface area (Å²) in [5, 5.41) is 2.91. The predicted octanol–water partition coefficient (Wildman–Crippen LogP) is 2.09. The topological polar surface area (TPSA) is 62.0 Å². The molecule has 0 bridgehead atoms. The van der Waals surface area contributed by atoms with E-state index in [9.17, 15) is 9.59 Å². The Morgan fingerprint density at radius 3 is 2.74 bits per heavy atom. The molecule has 104 valence electrons. The number of nitrogens with one attached hydrogen (secondary N) is 2. The average Bonchev–Trinajstić information content (AvgIpc) is 2.85. The van der Waals surface area contributed by atoms with Gasteiger partial charge in [0.2, 0.25) is 0 Å². The maximum absolute atomic E-state index is 12.1. The van der Waals surface area contributed by atoms with Crippen molar-refractivity contribution in [2.45, 2.75) is 37.4 Å². The van der Waals surface area contributed by atoms with E-state index < -0.39 is 0 Å². The maximum atomic E-state index is 12.1. The van der Waals surface area contributed by atoms with Crippen molar-refractivity contribution in [3.63, 3.8) is 0 Å². The third-order valence-electron chi connectivity index (χ3n) is 3.82. The Kier molecular flexibility index (Phi) is 4.34. The van der Waals surface area contributed by atoms with Crippen molar-refractivity contribution in [3.8, 4) is 0 Å². The highest BCUT2D eigenvalue weighted by Gasteiger charge is 2.33. The Balaban J connectivity index is 2.03. The van der Waals surface area contributed by atoms with Crippen molar-refractivity contribution >= 4 is 17.7 Å². The van der Waals surface area contributed by atoms with Crippen molar-refractivity contribution < 1.29 is 4.79 Å². The zero-order chi connectivity index (χ0) is 13.9. The van der Waals surface area contributed by atoms with Crippen LogP contribution in [0.2, 0.25) is 0 Å². The van der Waals surface area contributed by atoms with Gasteiger partial charge in [-0.2, -0.15) is 11.8 Å². The number of carbonyl (C=O) groups is 1. The van der Waals surface area contributed by atoms with Crippen LogP contribution < -0.4 is 10.7 Å². The van der Waals surface area contributed by atoms with Gasteiger partial charge in [-0.15, -0.1) is 0 Å². The van der Waals surface area contributed by atoms with Gasteiger partial charge in [0.25, 0.3) is 5.91 Å². The summed E-state index contributed by atoms with van der Waals surface area (Å²) in [6, 6.07) is 1.45. The first-order chi connectivity index (χ1) is 9.06. The lowest BCUT2D eigenvalue weighted by molar-refractivity contribution is 0.0948. The molecule has 5 heteroatoms. The molecule has 1 aliphatic rings. The number of rotatable bonds is 4. The molecule has 0 aromatic carbocycles. The molecular weight excluding hydrogens is 260 g/mol. The first-order valence-electron chi connectivity index (χ1n) is 6.59. The van der Waals surface area contributed by atoms with Gasteiger partial charge >= 0.3 is 0 Å². The van der Waals surface area contributed by atoms with Crippen LogP contribution in [0.5, 0.6) is 0 Å². The first-order valence-corrected chi connectivity index (χ1v) is 7.81. The Hall–Kier alpha value is -1.23. The fourth-order valence-corrected chi connectivity index (χ4v) is 3.47. The highest BCUT2D eigenvalue weighted by Crippen LogP contribution is 2.39. The number of aromatic nitrogens is 1. The lowest BCUT2D eigenvalue weighted by Gasteiger charge is -2.26. The third kappa shape index (κ3) is 3.21. The summed E-state index contributed by atoms with van der Waals surface area (Å²) in [7, 11) is 0. The zero-order valence-corrected chi connectivity index (χ0v) is 12.2. The summed E-state index contributed by atoms with van der Waals surface area (Å²) in [4.78, 5) is 26.7. The van der Waals surface area contributed by atoms with Gasteiger partial charge in [-0.1, -0.05) is 12.8 Å². The van der Waals surface area contributed by atoms with E-state index in [1.165, 1.54) is 25.1 Å². The minimum Gasteiger partial charge on any atom is -0.364 e. The van der Waals surface area contributed by atoms with Crippen LogP contribution in [-0.2, 0) is 0 Å². The molecule has 1 aromatic heterocycles. The number of amides is 1. The fraction of sp³-hybridized carbons (Fsp3) is 0.571. The van der Waals surface area contributed by atoms with E-state index in [0.717, 1.165) is 18.5 Å². The molecule has 2 N–H and O–H groups in total. The normalized spacial score (nSPS) is 17.4. The van der Waals surface area contributed by atoms with E-state index in [2.05, 4.69) is 16.6 Å². The molecule has 0 unspecified atom stereocenters. The Labute approximate surface area is 117 Å². The van der Waals surface area contributed by atoms with Crippen molar-refractivity contribution in [1.82, 2.24) is 10.3 Å². The summed E-state index contributed by atoms with van der Waals surface area (Å²) in [6.07, 6.45) is 8.31. The van der Waals surface area contributed by atoms with Crippen LogP contribution in [0.4, 0.5) is 0 Å². The van der Waals surface area contributed by atoms with Gasteiger partial charge in [0.15, 0.2) is 5.43 Å². The minimum absolute atomic E-state index is 0.160. The SMILES string of the molecule is CSC1(CNC(=O)c2c[nH]c(C)cc2=O)CCCC1. The summed E-state index contributed by atoms with van der Waals surface area (Å²) in [6.45, 7) is 2.44. The zero-order valence-electron chi connectivity index (χ0n) is 11.4. The van der Waals surface area contributed by atoms with Gasteiger partial charge in [0.1, 0.15) is 5.56 Å². The minimum atomic E-state index is -0.276. The van der Waals surface area contributed by atoms with Gasteiger partial charge in [-0.05, 0) is 26.0 Å².